The Labute approximate surface area is 161 Å². The van der Waals surface area contributed by atoms with Gasteiger partial charge in [0.05, 0.1) is 17.0 Å². The number of para-hydroxylation sites is 1. The Balaban J connectivity index is 1.53. The van der Waals surface area contributed by atoms with Crippen LogP contribution in [0.1, 0.15) is 10.4 Å². The van der Waals surface area contributed by atoms with E-state index in [0.29, 0.717) is 15.2 Å². The van der Waals surface area contributed by atoms with Gasteiger partial charge >= 0.3 is 0 Å². The van der Waals surface area contributed by atoms with Crippen LogP contribution in [0, 0.1) is 0 Å². The van der Waals surface area contributed by atoms with E-state index in [1.807, 2.05) is 30.3 Å². The van der Waals surface area contributed by atoms with Gasteiger partial charge in [-0.05, 0) is 50.6 Å². The number of tetrazole rings is 1. The molecule has 0 atom stereocenters. The first-order valence-corrected chi connectivity index (χ1v) is 9.23. The number of nitrogens with zero attached hydrogens (tertiary/aromatic N) is 4. The number of aromatic nitrogens is 4. The van der Waals surface area contributed by atoms with Crippen LogP contribution in [0.15, 0.2) is 64.2 Å². The van der Waals surface area contributed by atoms with Crippen molar-refractivity contribution in [2.45, 2.75) is 5.16 Å². The summed E-state index contributed by atoms with van der Waals surface area (Å²) < 4.78 is 2.18. The maximum Gasteiger partial charge on any atom is 0.270 e. The average molecular weight is 433 g/mol. The highest BCUT2D eigenvalue weighted by atomic mass is 79.9. The number of carbonyl (C=O) groups excluding carboxylic acids is 2. The predicted molar refractivity (Wildman–Crippen MR) is 99.6 cm³/mol. The second kappa shape index (κ2) is 8.59. The SMILES string of the molecule is O=C(CSc1nnnn1-c1ccccc1)NNC(=O)c1ccccc1Br. The van der Waals surface area contributed by atoms with Gasteiger partial charge in [0.15, 0.2) is 0 Å². The quantitative estimate of drug-likeness (QED) is 0.472. The van der Waals surface area contributed by atoms with Crippen LogP contribution >= 0.6 is 27.7 Å². The number of halogens is 1. The lowest BCUT2D eigenvalue weighted by atomic mass is 10.2. The second-order valence-corrected chi connectivity index (χ2v) is 6.78. The highest BCUT2D eigenvalue weighted by Gasteiger charge is 2.13. The smallest absolute Gasteiger partial charge is 0.270 e. The van der Waals surface area contributed by atoms with E-state index in [-0.39, 0.29) is 11.7 Å². The number of amides is 2. The molecule has 0 saturated heterocycles. The molecule has 0 fully saturated rings. The Morgan fingerprint density at radius 1 is 1.04 bits per heavy atom. The van der Waals surface area contributed by atoms with Gasteiger partial charge in [-0.2, -0.15) is 4.68 Å². The van der Waals surface area contributed by atoms with E-state index in [9.17, 15) is 9.59 Å². The number of thioether (sulfide) groups is 1. The molecule has 26 heavy (non-hydrogen) atoms. The molecular weight excluding hydrogens is 420 g/mol. The van der Waals surface area contributed by atoms with Crippen LogP contribution < -0.4 is 10.9 Å². The van der Waals surface area contributed by atoms with Gasteiger partial charge in [-0.25, -0.2) is 0 Å². The van der Waals surface area contributed by atoms with Gasteiger partial charge in [-0.3, -0.25) is 20.4 Å². The van der Waals surface area contributed by atoms with Crippen molar-refractivity contribution in [3.8, 4) is 5.69 Å². The molecular formula is C16H13BrN6O2S. The summed E-state index contributed by atoms with van der Waals surface area (Å²) in [6.45, 7) is 0. The molecule has 2 N–H and O–H groups in total. The van der Waals surface area contributed by atoms with Gasteiger partial charge in [0.25, 0.3) is 5.91 Å². The van der Waals surface area contributed by atoms with Crippen LogP contribution in [0.3, 0.4) is 0 Å². The van der Waals surface area contributed by atoms with Crippen LogP contribution in [0.5, 0.6) is 0 Å². The summed E-state index contributed by atoms with van der Waals surface area (Å²) in [4.78, 5) is 24.0. The lowest BCUT2D eigenvalue weighted by Gasteiger charge is -2.08. The summed E-state index contributed by atoms with van der Waals surface area (Å²) in [6.07, 6.45) is 0. The molecule has 3 rings (SSSR count). The van der Waals surface area contributed by atoms with Crippen molar-refractivity contribution in [1.82, 2.24) is 31.1 Å². The van der Waals surface area contributed by atoms with E-state index in [4.69, 9.17) is 0 Å². The maximum atomic E-state index is 12.0. The minimum absolute atomic E-state index is 0.0451. The highest BCUT2D eigenvalue weighted by Crippen LogP contribution is 2.17. The minimum atomic E-state index is -0.412. The van der Waals surface area contributed by atoms with E-state index in [0.717, 1.165) is 17.4 Å². The summed E-state index contributed by atoms with van der Waals surface area (Å²) in [5, 5.41) is 11.9. The van der Waals surface area contributed by atoms with Gasteiger partial charge in [-0.15, -0.1) is 5.10 Å². The second-order valence-electron chi connectivity index (χ2n) is 4.98. The molecule has 8 nitrogen and oxygen atoms in total. The van der Waals surface area contributed by atoms with E-state index in [2.05, 4.69) is 42.3 Å². The fourth-order valence-corrected chi connectivity index (χ4v) is 3.16. The van der Waals surface area contributed by atoms with E-state index >= 15 is 0 Å². The number of hydrogen-bond acceptors (Lipinski definition) is 6. The fourth-order valence-electron chi connectivity index (χ4n) is 2.01. The Morgan fingerprint density at radius 3 is 2.54 bits per heavy atom. The van der Waals surface area contributed by atoms with E-state index in [1.165, 1.54) is 4.68 Å². The zero-order chi connectivity index (χ0) is 18.4. The van der Waals surface area contributed by atoms with Crippen molar-refractivity contribution >= 4 is 39.5 Å². The Morgan fingerprint density at radius 2 is 1.77 bits per heavy atom. The molecule has 2 amide bonds. The summed E-state index contributed by atoms with van der Waals surface area (Å²) in [5.74, 6) is -0.744. The third-order valence-electron chi connectivity index (χ3n) is 3.21. The van der Waals surface area contributed by atoms with Crippen molar-refractivity contribution in [2.75, 3.05) is 5.75 Å². The minimum Gasteiger partial charge on any atom is -0.272 e. The van der Waals surface area contributed by atoms with Gasteiger partial charge in [0.1, 0.15) is 0 Å². The predicted octanol–water partition coefficient (Wildman–Crippen LogP) is 1.98. The lowest BCUT2D eigenvalue weighted by molar-refractivity contribution is -0.119. The number of hydrogen-bond donors (Lipinski definition) is 2. The molecule has 3 aromatic rings. The normalized spacial score (nSPS) is 10.3. The number of benzene rings is 2. The highest BCUT2D eigenvalue weighted by molar-refractivity contribution is 9.10. The summed E-state index contributed by atoms with van der Waals surface area (Å²) >= 11 is 4.45. The van der Waals surface area contributed by atoms with Crippen LogP contribution in [0.4, 0.5) is 0 Å². The van der Waals surface area contributed by atoms with Crippen LogP contribution in [-0.2, 0) is 4.79 Å². The van der Waals surface area contributed by atoms with Crippen molar-refractivity contribution < 1.29 is 9.59 Å². The van der Waals surface area contributed by atoms with Gasteiger partial charge < -0.3 is 0 Å². The maximum absolute atomic E-state index is 12.0. The van der Waals surface area contributed by atoms with E-state index in [1.54, 1.807) is 24.3 Å². The largest absolute Gasteiger partial charge is 0.272 e. The Kier molecular flexibility index (Phi) is 5.97. The number of rotatable bonds is 5. The molecule has 0 aliphatic heterocycles. The molecule has 0 unspecified atom stereocenters. The fraction of sp³-hybridized carbons (Fsp3) is 0.0625. The summed E-state index contributed by atoms with van der Waals surface area (Å²) in [6, 6.07) is 16.3. The summed E-state index contributed by atoms with van der Waals surface area (Å²) in [7, 11) is 0. The van der Waals surface area contributed by atoms with Crippen molar-refractivity contribution in [3.05, 3.63) is 64.6 Å². The molecule has 2 aromatic carbocycles. The average Bonchev–Trinajstić information content (AvgIpc) is 3.14. The first-order chi connectivity index (χ1) is 12.6. The number of carbonyl (C=O) groups is 2. The van der Waals surface area contributed by atoms with E-state index < -0.39 is 5.91 Å². The van der Waals surface area contributed by atoms with Crippen molar-refractivity contribution in [1.29, 1.82) is 0 Å². The number of hydrazine groups is 1. The van der Waals surface area contributed by atoms with Crippen LogP contribution in [0.25, 0.3) is 5.69 Å². The van der Waals surface area contributed by atoms with Crippen LogP contribution in [-0.4, -0.2) is 37.8 Å². The lowest BCUT2D eigenvalue weighted by Crippen LogP contribution is -2.42. The molecule has 0 aliphatic rings. The molecule has 132 valence electrons. The topological polar surface area (TPSA) is 102 Å². The van der Waals surface area contributed by atoms with Gasteiger partial charge in [0.2, 0.25) is 11.1 Å². The molecule has 0 radical (unpaired) electrons. The third-order valence-corrected chi connectivity index (χ3v) is 4.82. The van der Waals surface area contributed by atoms with Gasteiger partial charge in [0, 0.05) is 4.47 Å². The van der Waals surface area contributed by atoms with Crippen molar-refractivity contribution in [3.63, 3.8) is 0 Å². The molecule has 0 bridgehead atoms. The molecule has 1 aromatic heterocycles. The molecule has 10 heteroatoms. The first kappa shape index (κ1) is 18.1. The molecule has 1 heterocycles. The summed E-state index contributed by atoms with van der Waals surface area (Å²) in [5.41, 5.74) is 5.97. The molecule has 0 saturated carbocycles. The molecule has 0 spiro atoms. The molecule has 0 aliphatic carbocycles. The Hall–Kier alpha value is -2.72. The van der Waals surface area contributed by atoms with Gasteiger partial charge in [-0.1, -0.05) is 42.1 Å². The number of nitrogens with one attached hydrogen (secondary N) is 2. The van der Waals surface area contributed by atoms with Crippen LogP contribution in [0.2, 0.25) is 0 Å². The van der Waals surface area contributed by atoms with Crippen molar-refractivity contribution in [2.24, 2.45) is 0 Å². The Bertz CT molecular complexity index is 918. The standard InChI is InChI=1S/C16H13BrN6O2S/c17-13-9-5-4-8-12(13)15(25)19-18-14(24)10-26-16-20-21-22-23(16)11-6-2-1-3-7-11/h1-9H,10H2,(H,18,24)(H,19,25). The zero-order valence-corrected chi connectivity index (χ0v) is 15.7. The zero-order valence-electron chi connectivity index (χ0n) is 13.3. The third kappa shape index (κ3) is 4.46. The first-order valence-electron chi connectivity index (χ1n) is 7.45. The monoisotopic (exact) mass is 432 g/mol.